The van der Waals surface area contributed by atoms with Crippen molar-refractivity contribution in [1.29, 1.82) is 0 Å². The van der Waals surface area contributed by atoms with Crippen LogP contribution in [0.15, 0.2) is 36.2 Å². The van der Waals surface area contributed by atoms with Crippen LogP contribution in [0.1, 0.15) is 52.5 Å². The van der Waals surface area contributed by atoms with Gasteiger partial charge in [-0.1, -0.05) is 45.9 Å². The van der Waals surface area contributed by atoms with Crippen LogP contribution in [0.2, 0.25) is 0 Å². The van der Waals surface area contributed by atoms with Gasteiger partial charge in [-0.3, -0.25) is 33.6 Å². The molecule has 0 saturated carbocycles. The minimum atomic E-state index is -1.56. The van der Waals surface area contributed by atoms with E-state index in [2.05, 4.69) is 36.9 Å². The van der Waals surface area contributed by atoms with E-state index in [0.29, 0.717) is 17.4 Å². The summed E-state index contributed by atoms with van der Waals surface area (Å²) in [4.78, 5) is 98.4. The van der Waals surface area contributed by atoms with Gasteiger partial charge in [-0.25, -0.2) is 0 Å². The number of aromatic nitrogens is 1. The number of nitrogens with zero attached hydrogens (tertiary/aromatic N) is 1. The van der Waals surface area contributed by atoms with E-state index in [1.807, 2.05) is 26.0 Å². The number of carbonyl (C=O) groups excluding carboxylic acids is 7. The Morgan fingerprint density at radius 3 is 2.21 bits per heavy atom. The lowest BCUT2D eigenvalue weighted by Crippen LogP contribution is -2.58. The molecule has 0 aliphatic carbocycles. The van der Waals surface area contributed by atoms with Crippen molar-refractivity contribution < 1.29 is 43.8 Å². The highest BCUT2D eigenvalue weighted by atomic mass is 16.3. The smallest absolute Gasteiger partial charge is 0.268 e. The molecule has 1 aromatic carbocycles. The van der Waals surface area contributed by atoms with Gasteiger partial charge in [0.15, 0.2) is 0 Å². The summed E-state index contributed by atoms with van der Waals surface area (Å²) in [6.45, 7) is 4.87. The molecule has 0 bridgehead atoms. The number of H-pyrrole nitrogens is 1. The predicted molar refractivity (Wildman–Crippen MR) is 188 cm³/mol. The third-order valence-electron chi connectivity index (χ3n) is 8.89. The molecule has 2 saturated heterocycles. The van der Waals surface area contributed by atoms with Gasteiger partial charge in [-0.05, 0) is 43.2 Å². The van der Waals surface area contributed by atoms with Crippen LogP contribution in [0.3, 0.4) is 0 Å². The zero-order valence-electron chi connectivity index (χ0n) is 29.7. The zero-order valence-corrected chi connectivity index (χ0v) is 29.7. The molecule has 0 spiro atoms. The SMILES string of the molecule is CC(C)C[C@@H]1NC(=O)/C(=C/c2c[nH]c3ccccc23)NC(=O)[C@H](CO)NC(=O)[C@@H]2CCCN2C(=O)[C@H](CO)NC(=O)CNC(=O)[C@H](C(C)C)NC1=O. The molecule has 17 nitrogen and oxygen atoms in total. The van der Waals surface area contributed by atoms with Crippen molar-refractivity contribution in [2.45, 2.75) is 77.2 Å². The minimum Gasteiger partial charge on any atom is -0.394 e. The number of carbonyl (C=O) groups is 7. The van der Waals surface area contributed by atoms with Crippen LogP contribution in [-0.4, -0.2) is 118 Å². The van der Waals surface area contributed by atoms with Gasteiger partial charge in [-0.2, -0.15) is 0 Å². The maximum absolute atomic E-state index is 14.0. The first-order valence-electron chi connectivity index (χ1n) is 17.3. The first kappa shape index (κ1) is 39.5. The fourth-order valence-electron chi connectivity index (χ4n) is 6.15. The first-order chi connectivity index (χ1) is 24.7. The molecule has 282 valence electrons. The van der Waals surface area contributed by atoms with Crippen LogP contribution in [0, 0.1) is 11.8 Å². The van der Waals surface area contributed by atoms with Gasteiger partial charge >= 0.3 is 0 Å². The second-order valence-corrected chi connectivity index (χ2v) is 13.7. The van der Waals surface area contributed by atoms with E-state index >= 15 is 0 Å². The molecule has 5 atom stereocenters. The molecule has 2 aliphatic rings. The highest BCUT2D eigenvalue weighted by molar-refractivity contribution is 6.06. The summed E-state index contributed by atoms with van der Waals surface area (Å²) in [5, 5.41) is 36.0. The Labute approximate surface area is 300 Å². The Bertz CT molecular complexity index is 1700. The second-order valence-electron chi connectivity index (χ2n) is 13.7. The molecule has 2 aliphatic heterocycles. The van der Waals surface area contributed by atoms with Gasteiger partial charge in [0.25, 0.3) is 5.91 Å². The van der Waals surface area contributed by atoms with Gasteiger partial charge in [0, 0.05) is 29.2 Å². The molecule has 2 fully saturated rings. The summed E-state index contributed by atoms with van der Waals surface area (Å²) in [7, 11) is 0. The maximum atomic E-state index is 14.0. The molecule has 1 aromatic heterocycles. The average Bonchev–Trinajstić information content (AvgIpc) is 3.77. The Balaban J connectivity index is 1.75. The van der Waals surface area contributed by atoms with E-state index in [1.54, 1.807) is 32.2 Å². The monoisotopic (exact) mass is 724 g/mol. The van der Waals surface area contributed by atoms with Crippen molar-refractivity contribution in [2.24, 2.45) is 11.8 Å². The third kappa shape index (κ3) is 9.73. The number of hydrogen-bond donors (Lipinski definition) is 9. The summed E-state index contributed by atoms with van der Waals surface area (Å²) < 4.78 is 0. The molecule has 17 heteroatoms. The lowest BCUT2D eigenvalue weighted by Gasteiger charge is -2.29. The summed E-state index contributed by atoms with van der Waals surface area (Å²) in [6, 6.07) is 0.802. The van der Waals surface area contributed by atoms with Crippen molar-refractivity contribution in [2.75, 3.05) is 26.3 Å². The van der Waals surface area contributed by atoms with E-state index in [1.165, 1.54) is 11.0 Å². The Morgan fingerprint density at radius 1 is 0.827 bits per heavy atom. The lowest BCUT2D eigenvalue weighted by molar-refractivity contribution is -0.143. The van der Waals surface area contributed by atoms with Crippen LogP contribution < -0.4 is 31.9 Å². The van der Waals surface area contributed by atoms with Gasteiger partial charge in [0.05, 0.1) is 19.8 Å². The average molecular weight is 725 g/mol. The fourth-order valence-corrected chi connectivity index (χ4v) is 6.15. The van der Waals surface area contributed by atoms with Crippen molar-refractivity contribution in [1.82, 2.24) is 41.8 Å². The number of aliphatic hydroxyl groups is 2. The predicted octanol–water partition coefficient (Wildman–Crippen LogP) is -1.63. The van der Waals surface area contributed by atoms with E-state index in [4.69, 9.17) is 0 Å². The van der Waals surface area contributed by atoms with Crippen LogP contribution in [0.4, 0.5) is 0 Å². The van der Waals surface area contributed by atoms with E-state index < -0.39 is 97.2 Å². The number of benzene rings is 1. The fraction of sp³-hybridized carbons (Fsp3) is 0.514. The molecular formula is C35H48N8O9. The normalized spacial score (nSPS) is 25.6. The highest BCUT2D eigenvalue weighted by Gasteiger charge is 2.39. The number of rotatable bonds is 6. The van der Waals surface area contributed by atoms with Crippen LogP contribution in [-0.2, 0) is 33.6 Å². The number of fused-ring (bicyclic) bond motifs is 2. The third-order valence-corrected chi connectivity index (χ3v) is 8.89. The van der Waals surface area contributed by atoms with Crippen LogP contribution in [0.25, 0.3) is 17.0 Å². The Kier molecular flexibility index (Phi) is 13.5. The van der Waals surface area contributed by atoms with Crippen LogP contribution in [0.5, 0.6) is 0 Å². The largest absolute Gasteiger partial charge is 0.394 e. The Hall–Kier alpha value is -5.29. The lowest BCUT2D eigenvalue weighted by atomic mass is 9.99. The van der Waals surface area contributed by atoms with Gasteiger partial charge in [0.1, 0.15) is 35.9 Å². The van der Waals surface area contributed by atoms with Crippen LogP contribution >= 0.6 is 0 Å². The number of aliphatic hydroxyl groups excluding tert-OH is 2. The van der Waals surface area contributed by atoms with E-state index in [9.17, 15) is 43.8 Å². The molecule has 0 unspecified atom stereocenters. The summed E-state index contributed by atoms with van der Waals surface area (Å²) in [5.74, 6) is -6.14. The van der Waals surface area contributed by atoms with Gasteiger partial charge in [-0.15, -0.1) is 0 Å². The van der Waals surface area contributed by atoms with Gasteiger partial charge in [0.2, 0.25) is 35.4 Å². The summed E-state index contributed by atoms with van der Waals surface area (Å²) >= 11 is 0. The van der Waals surface area contributed by atoms with E-state index in [0.717, 1.165) is 5.52 Å². The van der Waals surface area contributed by atoms with Crippen molar-refractivity contribution in [3.8, 4) is 0 Å². The first-order valence-corrected chi connectivity index (χ1v) is 17.3. The molecule has 52 heavy (non-hydrogen) atoms. The number of hydrogen-bond acceptors (Lipinski definition) is 9. The molecule has 0 radical (unpaired) electrons. The zero-order chi connectivity index (χ0) is 38.1. The standard InChI is InChI=1S/C35H48N8O9/c1-18(2)12-23-31(48)42-29(19(3)4)34(51)37-15-28(46)38-26(17-45)35(52)43-11-7-10-27(43)33(50)41-25(16-44)32(49)40-24(30(47)39-23)13-20-14-36-22-9-6-5-8-21(20)22/h5-6,8-9,13-14,18-19,23,25-27,29,36,44-45H,7,10-12,15-17H2,1-4H3,(H,37,51)(H,38,46)(H,39,47)(H,40,49)(H,41,50)(H,42,48)/b24-13-/t23-,25-,26-,27-,29-/m0/s1. The van der Waals surface area contributed by atoms with Crippen molar-refractivity contribution in [3.63, 3.8) is 0 Å². The number of nitrogens with one attached hydrogen (secondary N) is 7. The maximum Gasteiger partial charge on any atom is 0.268 e. The highest BCUT2D eigenvalue weighted by Crippen LogP contribution is 2.21. The van der Waals surface area contributed by atoms with Crippen molar-refractivity contribution in [3.05, 3.63) is 41.7 Å². The molecule has 7 amide bonds. The van der Waals surface area contributed by atoms with Crippen molar-refractivity contribution >= 4 is 58.3 Å². The molecule has 2 aromatic rings. The van der Waals surface area contributed by atoms with E-state index in [-0.39, 0.29) is 31.0 Å². The number of amides is 7. The minimum absolute atomic E-state index is 0.109. The molecular weight excluding hydrogens is 676 g/mol. The topological polar surface area (TPSA) is 251 Å². The molecule has 4 rings (SSSR count). The number of aromatic amines is 1. The quantitative estimate of drug-likeness (QED) is 0.155. The number of para-hydroxylation sites is 1. The molecule has 3 heterocycles. The summed E-state index contributed by atoms with van der Waals surface area (Å²) in [6.07, 6.45) is 3.76. The summed E-state index contributed by atoms with van der Waals surface area (Å²) in [5.41, 5.74) is 0.954. The Morgan fingerprint density at radius 2 is 1.54 bits per heavy atom. The molecule has 9 N–H and O–H groups in total. The van der Waals surface area contributed by atoms with Gasteiger partial charge < -0.3 is 52.0 Å². The second kappa shape index (κ2) is 17.8.